The monoisotopic (exact) mass is 260 g/mol. The summed E-state index contributed by atoms with van der Waals surface area (Å²) in [5.74, 6) is 0.308. The zero-order chi connectivity index (χ0) is 12.3. The summed E-state index contributed by atoms with van der Waals surface area (Å²) in [6.45, 7) is 3.34. The van der Waals surface area contributed by atoms with E-state index in [0.29, 0.717) is 11.8 Å². The zero-order valence-corrected chi connectivity index (χ0v) is 11.5. The van der Waals surface area contributed by atoms with Crippen LogP contribution in [0.25, 0.3) is 0 Å². The quantitative estimate of drug-likeness (QED) is 0.737. The molecule has 0 spiro atoms. The van der Waals surface area contributed by atoms with Gasteiger partial charge in [0.2, 0.25) is 0 Å². The maximum atomic E-state index is 11.0. The number of hydrogen-bond donors (Lipinski definition) is 1. The number of sulfone groups is 1. The average molecular weight is 260 g/mol. The van der Waals surface area contributed by atoms with Gasteiger partial charge >= 0.3 is 0 Å². The highest BCUT2D eigenvalue weighted by Crippen LogP contribution is 2.26. The van der Waals surface area contributed by atoms with Crippen LogP contribution in [0.4, 0.5) is 0 Å². The van der Waals surface area contributed by atoms with Gasteiger partial charge in [0.25, 0.3) is 0 Å². The van der Waals surface area contributed by atoms with Gasteiger partial charge in [-0.05, 0) is 51.7 Å². The van der Waals surface area contributed by atoms with Crippen molar-refractivity contribution >= 4 is 9.84 Å². The molecule has 0 aliphatic carbocycles. The molecule has 2 rings (SSSR count). The first-order chi connectivity index (χ1) is 8.04. The van der Waals surface area contributed by atoms with Crippen LogP contribution in [0.15, 0.2) is 0 Å². The van der Waals surface area contributed by atoms with E-state index in [1.165, 1.54) is 45.0 Å². The van der Waals surface area contributed by atoms with Crippen molar-refractivity contribution in [1.82, 2.24) is 10.2 Å². The molecule has 0 saturated carbocycles. The lowest BCUT2D eigenvalue weighted by molar-refractivity contribution is 0.167. The third-order valence-electron chi connectivity index (χ3n) is 3.95. The molecule has 0 amide bonds. The predicted molar refractivity (Wildman–Crippen MR) is 69.9 cm³/mol. The zero-order valence-electron chi connectivity index (χ0n) is 10.7. The Labute approximate surface area is 105 Å². The molecule has 2 aliphatic rings. The van der Waals surface area contributed by atoms with E-state index in [9.17, 15) is 8.42 Å². The third-order valence-corrected chi connectivity index (χ3v) is 4.98. The van der Waals surface area contributed by atoms with Gasteiger partial charge in [0.15, 0.2) is 0 Å². The molecule has 2 fully saturated rings. The first-order valence-corrected chi connectivity index (χ1v) is 8.76. The van der Waals surface area contributed by atoms with Gasteiger partial charge < -0.3 is 10.2 Å². The van der Waals surface area contributed by atoms with Gasteiger partial charge in [-0.1, -0.05) is 0 Å². The fourth-order valence-electron chi connectivity index (χ4n) is 3.05. The number of nitrogens with zero attached hydrogens (tertiary/aromatic N) is 1. The molecule has 100 valence electrons. The van der Waals surface area contributed by atoms with Crippen molar-refractivity contribution < 1.29 is 8.42 Å². The molecule has 2 aliphatic heterocycles. The molecule has 0 radical (unpaired) electrons. The van der Waals surface area contributed by atoms with Crippen LogP contribution in [0.3, 0.4) is 0 Å². The van der Waals surface area contributed by atoms with Crippen molar-refractivity contribution in [3.8, 4) is 0 Å². The van der Waals surface area contributed by atoms with Crippen molar-refractivity contribution in [2.45, 2.75) is 44.2 Å². The van der Waals surface area contributed by atoms with Crippen LogP contribution in [0.1, 0.15) is 32.1 Å². The average Bonchev–Trinajstić information content (AvgIpc) is 2.70. The van der Waals surface area contributed by atoms with Crippen LogP contribution in [0.5, 0.6) is 0 Å². The highest BCUT2D eigenvalue weighted by molar-refractivity contribution is 7.90. The molecule has 4 nitrogen and oxygen atoms in total. The van der Waals surface area contributed by atoms with Crippen molar-refractivity contribution in [3.63, 3.8) is 0 Å². The molecule has 2 heterocycles. The standard InChI is InChI=1S/C12H24N2O2S/c1-17(15,16)9-3-6-13-11-5-8-14-7-2-4-12(14)10-11/h11-13H,2-10H2,1H3. The highest BCUT2D eigenvalue weighted by atomic mass is 32.2. The minimum absolute atomic E-state index is 0.308. The van der Waals surface area contributed by atoms with Crippen LogP contribution in [0.2, 0.25) is 0 Å². The van der Waals surface area contributed by atoms with Crippen molar-refractivity contribution in [3.05, 3.63) is 0 Å². The van der Waals surface area contributed by atoms with Gasteiger partial charge in [-0.25, -0.2) is 8.42 Å². The Morgan fingerprint density at radius 1 is 1.29 bits per heavy atom. The van der Waals surface area contributed by atoms with Crippen LogP contribution in [-0.2, 0) is 9.84 Å². The Hall–Kier alpha value is -0.130. The van der Waals surface area contributed by atoms with Crippen LogP contribution in [-0.4, -0.2) is 57.0 Å². The fourth-order valence-corrected chi connectivity index (χ4v) is 3.72. The Kier molecular flexibility index (Phi) is 4.44. The van der Waals surface area contributed by atoms with E-state index in [1.54, 1.807) is 0 Å². The van der Waals surface area contributed by atoms with E-state index in [2.05, 4.69) is 10.2 Å². The minimum atomic E-state index is -2.79. The Balaban J connectivity index is 1.63. The molecular formula is C12H24N2O2S. The lowest BCUT2D eigenvalue weighted by Gasteiger charge is -2.35. The highest BCUT2D eigenvalue weighted by Gasteiger charge is 2.31. The topological polar surface area (TPSA) is 49.4 Å². The van der Waals surface area contributed by atoms with Crippen molar-refractivity contribution in [1.29, 1.82) is 0 Å². The molecule has 0 aromatic carbocycles. The summed E-state index contributed by atoms with van der Waals surface area (Å²) in [6, 6.07) is 1.39. The largest absolute Gasteiger partial charge is 0.314 e. The molecule has 5 heteroatoms. The van der Waals surface area contributed by atoms with E-state index in [0.717, 1.165) is 19.0 Å². The van der Waals surface area contributed by atoms with E-state index in [-0.39, 0.29) is 0 Å². The van der Waals surface area contributed by atoms with Crippen molar-refractivity contribution in [2.24, 2.45) is 0 Å². The van der Waals surface area contributed by atoms with Crippen molar-refractivity contribution in [2.75, 3.05) is 31.6 Å². The summed E-state index contributed by atoms with van der Waals surface area (Å²) in [4.78, 5) is 2.61. The van der Waals surface area contributed by atoms with Crippen LogP contribution >= 0.6 is 0 Å². The lowest BCUT2D eigenvalue weighted by atomic mass is 9.97. The Morgan fingerprint density at radius 3 is 2.88 bits per heavy atom. The number of rotatable bonds is 5. The van der Waals surface area contributed by atoms with Gasteiger partial charge in [0.1, 0.15) is 9.84 Å². The molecule has 0 aromatic rings. The van der Waals surface area contributed by atoms with E-state index >= 15 is 0 Å². The second-order valence-electron chi connectivity index (χ2n) is 5.49. The van der Waals surface area contributed by atoms with Gasteiger partial charge in [-0.2, -0.15) is 0 Å². The number of piperidine rings is 1. The van der Waals surface area contributed by atoms with Crippen LogP contribution in [0, 0.1) is 0 Å². The first kappa shape index (κ1) is 13.3. The smallest absolute Gasteiger partial charge is 0.147 e. The number of fused-ring (bicyclic) bond motifs is 1. The molecule has 2 unspecified atom stereocenters. The molecule has 17 heavy (non-hydrogen) atoms. The van der Waals surface area contributed by atoms with Gasteiger partial charge in [0, 0.05) is 18.3 Å². The lowest BCUT2D eigenvalue weighted by Crippen LogP contribution is -2.46. The van der Waals surface area contributed by atoms with Crippen LogP contribution < -0.4 is 5.32 Å². The molecule has 1 N–H and O–H groups in total. The second-order valence-corrected chi connectivity index (χ2v) is 7.75. The van der Waals surface area contributed by atoms with E-state index in [4.69, 9.17) is 0 Å². The Morgan fingerprint density at radius 2 is 2.12 bits per heavy atom. The van der Waals surface area contributed by atoms with E-state index in [1.807, 2.05) is 0 Å². The summed E-state index contributed by atoms with van der Waals surface area (Å²) in [7, 11) is -2.79. The maximum absolute atomic E-state index is 11.0. The molecule has 2 atom stereocenters. The first-order valence-electron chi connectivity index (χ1n) is 6.70. The third kappa shape index (κ3) is 4.23. The normalized spacial score (nSPS) is 30.4. The molecular weight excluding hydrogens is 236 g/mol. The Bertz CT molecular complexity index is 342. The summed E-state index contributed by atoms with van der Waals surface area (Å²) in [6.07, 6.45) is 7.22. The number of hydrogen-bond acceptors (Lipinski definition) is 4. The second kappa shape index (κ2) is 5.67. The fraction of sp³-hybridized carbons (Fsp3) is 1.00. The van der Waals surface area contributed by atoms with Gasteiger partial charge in [0.05, 0.1) is 5.75 Å². The van der Waals surface area contributed by atoms with Gasteiger partial charge in [-0.15, -0.1) is 0 Å². The van der Waals surface area contributed by atoms with Gasteiger partial charge in [-0.3, -0.25) is 0 Å². The summed E-state index contributed by atoms with van der Waals surface area (Å²) in [5.41, 5.74) is 0. The minimum Gasteiger partial charge on any atom is -0.314 e. The number of nitrogens with one attached hydrogen (secondary N) is 1. The maximum Gasteiger partial charge on any atom is 0.147 e. The molecule has 2 saturated heterocycles. The van der Waals surface area contributed by atoms with E-state index < -0.39 is 9.84 Å². The summed E-state index contributed by atoms with van der Waals surface area (Å²) >= 11 is 0. The molecule has 0 bridgehead atoms. The summed E-state index contributed by atoms with van der Waals surface area (Å²) in [5, 5.41) is 3.52. The molecule has 0 aromatic heterocycles. The SMILES string of the molecule is CS(=O)(=O)CCCNC1CCN2CCCC2C1. The summed E-state index contributed by atoms with van der Waals surface area (Å²) < 4.78 is 22.0. The predicted octanol–water partition coefficient (Wildman–Crippen LogP) is 0.638.